The molecular weight excluding hydrogens is 362 g/mol. The molecule has 1 unspecified atom stereocenters. The molecule has 1 aliphatic carbocycles. The number of rotatable bonds is 4. The van der Waals surface area contributed by atoms with Gasteiger partial charge in [0.25, 0.3) is 5.91 Å². The summed E-state index contributed by atoms with van der Waals surface area (Å²) in [6.07, 6.45) is 4.34. The average Bonchev–Trinajstić information content (AvgIpc) is 3.33. The van der Waals surface area contributed by atoms with Gasteiger partial charge >= 0.3 is 0 Å². The van der Waals surface area contributed by atoms with Gasteiger partial charge in [0.2, 0.25) is 0 Å². The van der Waals surface area contributed by atoms with Crippen LogP contribution in [0.2, 0.25) is 0 Å². The Bertz CT molecular complexity index is 1100. The highest BCUT2D eigenvalue weighted by Crippen LogP contribution is 2.39. The number of nitrogens with one attached hydrogen (secondary N) is 1. The van der Waals surface area contributed by atoms with Gasteiger partial charge in [-0.05, 0) is 51.7 Å². The lowest BCUT2D eigenvalue weighted by Crippen LogP contribution is -2.28. The van der Waals surface area contributed by atoms with E-state index in [1.807, 2.05) is 42.1 Å². The van der Waals surface area contributed by atoms with Crippen molar-refractivity contribution in [3.8, 4) is 0 Å². The van der Waals surface area contributed by atoms with Crippen molar-refractivity contribution in [2.75, 3.05) is 11.4 Å². The molecule has 29 heavy (non-hydrogen) atoms. The molecule has 3 heterocycles. The molecule has 1 aromatic carbocycles. The molecule has 1 aliphatic heterocycles. The first-order valence-corrected chi connectivity index (χ1v) is 10.5. The van der Waals surface area contributed by atoms with Crippen molar-refractivity contribution in [2.45, 2.75) is 51.6 Å². The van der Waals surface area contributed by atoms with Crippen LogP contribution in [0.3, 0.4) is 0 Å². The molecular formula is C23H27N5O. The predicted octanol–water partition coefficient (Wildman–Crippen LogP) is 3.82. The lowest BCUT2D eigenvalue weighted by molar-refractivity contribution is 0.0952. The summed E-state index contributed by atoms with van der Waals surface area (Å²) < 4.78 is 1.96. The van der Waals surface area contributed by atoms with Crippen LogP contribution in [0.4, 0.5) is 5.82 Å². The molecule has 1 saturated carbocycles. The maximum absolute atomic E-state index is 13.0. The zero-order chi connectivity index (χ0) is 20.1. The quantitative estimate of drug-likeness (QED) is 0.737. The number of pyridine rings is 1. The molecule has 150 valence electrons. The molecule has 3 aromatic rings. The molecule has 1 saturated heterocycles. The van der Waals surface area contributed by atoms with E-state index in [1.165, 1.54) is 11.3 Å². The monoisotopic (exact) mass is 389 g/mol. The number of nitrogens with zero attached hydrogens (tertiary/aromatic N) is 4. The number of fused-ring (bicyclic) bond motifs is 1. The summed E-state index contributed by atoms with van der Waals surface area (Å²) >= 11 is 0. The van der Waals surface area contributed by atoms with E-state index in [2.05, 4.69) is 29.2 Å². The van der Waals surface area contributed by atoms with E-state index < -0.39 is 0 Å². The Labute approximate surface area is 170 Å². The van der Waals surface area contributed by atoms with E-state index in [4.69, 9.17) is 4.98 Å². The summed E-state index contributed by atoms with van der Waals surface area (Å²) in [7, 11) is 2.00. The van der Waals surface area contributed by atoms with Crippen molar-refractivity contribution >= 4 is 22.6 Å². The van der Waals surface area contributed by atoms with E-state index in [9.17, 15) is 4.79 Å². The zero-order valence-corrected chi connectivity index (χ0v) is 17.3. The maximum atomic E-state index is 13.0. The minimum absolute atomic E-state index is 0.0110. The van der Waals surface area contributed by atoms with Gasteiger partial charge in [0.05, 0.1) is 22.8 Å². The lowest BCUT2D eigenvalue weighted by atomic mass is 10.0. The summed E-state index contributed by atoms with van der Waals surface area (Å²) in [5.41, 5.74) is 5.17. The third-order valence-electron chi connectivity index (χ3n) is 6.31. The molecule has 2 aromatic heterocycles. The number of benzene rings is 1. The van der Waals surface area contributed by atoms with E-state index in [-0.39, 0.29) is 11.9 Å². The second kappa shape index (κ2) is 6.87. The minimum atomic E-state index is 0.0110. The first-order chi connectivity index (χ1) is 14.0. The Morgan fingerprint density at radius 1 is 1.17 bits per heavy atom. The first kappa shape index (κ1) is 18.2. The highest BCUT2D eigenvalue weighted by molar-refractivity contribution is 6.07. The molecule has 6 nitrogen and oxygen atoms in total. The van der Waals surface area contributed by atoms with Crippen molar-refractivity contribution in [1.82, 2.24) is 20.1 Å². The number of anilines is 1. The summed E-state index contributed by atoms with van der Waals surface area (Å²) in [5.74, 6) is 0.895. The van der Waals surface area contributed by atoms with Gasteiger partial charge in [0, 0.05) is 36.3 Å². The van der Waals surface area contributed by atoms with Crippen molar-refractivity contribution in [3.63, 3.8) is 0 Å². The van der Waals surface area contributed by atoms with Gasteiger partial charge in [-0.25, -0.2) is 4.98 Å². The smallest absolute Gasteiger partial charge is 0.252 e. The number of carbonyl (C=O) groups excluding carboxylic acids is 1. The van der Waals surface area contributed by atoms with Crippen LogP contribution in [0.15, 0.2) is 30.3 Å². The summed E-state index contributed by atoms with van der Waals surface area (Å²) in [5, 5.41) is 8.69. The van der Waals surface area contributed by atoms with Crippen LogP contribution < -0.4 is 10.2 Å². The van der Waals surface area contributed by atoms with Crippen LogP contribution in [0.1, 0.15) is 59.0 Å². The fourth-order valence-electron chi connectivity index (χ4n) is 4.60. The Balaban J connectivity index is 1.59. The molecule has 6 heteroatoms. The normalized spacial score (nSPS) is 19.1. The van der Waals surface area contributed by atoms with E-state index in [0.717, 1.165) is 60.2 Å². The number of para-hydroxylation sites is 1. The number of aryl methyl sites for hydroxylation is 2. The van der Waals surface area contributed by atoms with Crippen molar-refractivity contribution < 1.29 is 4.79 Å². The van der Waals surface area contributed by atoms with Crippen molar-refractivity contribution in [2.24, 2.45) is 7.05 Å². The van der Waals surface area contributed by atoms with Crippen LogP contribution in [0.5, 0.6) is 0 Å². The van der Waals surface area contributed by atoms with E-state index >= 15 is 0 Å². The second-order valence-electron chi connectivity index (χ2n) is 8.35. The van der Waals surface area contributed by atoms with Gasteiger partial charge in [-0.15, -0.1) is 0 Å². The lowest BCUT2D eigenvalue weighted by Gasteiger charge is -2.27. The fourth-order valence-corrected chi connectivity index (χ4v) is 4.60. The van der Waals surface area contributed by atoms with E-state index in [1.54, 1.807) is 0 Å². The van der Waals surface area contributed by atoms with Gasteiger partial charge in [0.1, 0.15) is 5.82 Å². The van der Waals surface area contributed by atoms with Gasteiger partial charge in [-0.1, -0.05) is 18.2 Å². The summed E-state index contributed by atoms with van der Waals surface area (Å²) in [4.78, 5) is 20.3. The van der Waals surface area contributed by atoms with Gasteiger partial charge < -0.3 is 10.2 Å². The number of carbonyl (C=O) groups is 1. The SMILES string of the molecule is Cc1nn(C)c(C)c1C1CCCN1c1cc(C(=O)NC2CC2)c2ccccc2n1. The standard InChI is InChI=1S/C23H27N5O/c1-14-22(15(2)27(3)26-14)20-9-6-12-28(20)21-13-18(23(29)24-16-10-11-16)17-7-4-5-8-19(17)25-21/h4-5,7-8,13,16,20H,6,9-12H2,1-3H3,(H,24,29). The molecule has 0 radical (unpaired) electrons. The zero-order valence-electron chi connectivity index (χ0n) is 17.3. The van der Waals surface area contributed by atoms with Gasteiger partial charge in [-0.3, -0.25) is 9.48 Å². The molecule has 1 N–H and O–H groups in total. The van der Waals surface area contributed by atoms with E-state index in [0.29, 0.717) is 6.04 Å². The highest BCUT2D eigenvalue weighted by Gasteiger charge is 2.32. The number of amides is 1. The van der Waals surface area contributed by atoms with Crippen LogP contribution in [-0.2, 0) is 7.05 Å². The molecule has 5 rings (SSSR count). The van der Waals surface area contributed by atoms with Gasteiger partial charge in [0.15, 0.2) is 0 Å². The third kappa shape index (κ3) is 3.16. The number of hydrogen-bond donors (Lipinski definition) is 1. The average molecular weight is 390 g/mol. The molecule has 1 atom stereocenters. The Kier molecular flexibility index (Phi) is 4.30. The Hall–Kier alpha value is -2.89. The van der Waals surface area contributed by atoms with Crippen molar-refractivity contribution in [1.29, 1.82) is 0 Å². The van der Waals surface area contributed by atoms with Gasteiger partial charge in [-0.2, -0.15) is 5.10 Å². The maximum Gasteiger partial charge on any atom is 0.252 e. The number of aromatic nitrogens is 3. The second-order valence-corrected chi connectivity index (χ2v) is 8.35. The Morgan fingerprint density at radius 3 is 2.69 bits per heavy atom. The third-order valence-corrected chi connectivity index (χ3v) is 6.31. The minimum Gasteiger partial charge on any atom is -0.349 e. The largest absolute Gasteiger partial charge is 0.349 e. The molecule has 2 fully saturated rings. The molecule has 1 amide bonds. The summed E-state index contributed by atoms with van der Waals surface area (Å²) in [6, 6.07) is 10.5. The predicted molar refractivity (Wildman–Crippen MR) is 114 cm³/mol. The first-order valence-electron chi connectivity index (χ1n) is 10.5. The molecule has 0 bridgehead atoms. The molecule has 0 spiro atoms. The Morgan fingerprint density at radius 2 is 1.97 bits per heavy atom. The van der Waals surface area contributed by atoms with Crippen LogP contribution in [0, 0.1) is 13.8 Å². The topological polar surface area (TPSA) is 63.1 Å². The highest BCUT2D eigenvalue weighted by atomic mass is 16.1. The van der Waals surface area contributed by atoms with Crippen LogP contribution in [0.25, 0.3) is 10.9 Å². The fraction of sp³-hybridized carbons (Fsp3) is 0.435. The van der Waals surface area contributed by atoms with Crippen LogP contribution >= 0.6 is 0 Å². The summed E-state index contributed by atoms with van der Waals surface area (Å²) in [6.45, 7) is 5.16. The molecule has 2 aliphatic rings. The van der Waals surface area contributed by atoms with Crippen molar-refractivity contribution in [3.05, 3.63) is 52.8 Å². The van der Waals surface area contributed by atoms with Crippen LogP contribution in [-0.4, -0.2) is 33.3 Å². The number of hydrogen-bond acceptors (Lipinski definition) is 4.